The fraction of sp³-hybridized carbons (Fsp3) is 0.583. The lowest BCUT2D eigenvalue weighted by molar-refractivity contribution is -0.870. The SMILES string of the molecule is CC/C=C\C/C=C\C/C=C\C/C=C\C/C=C\CCCC(=O)OC[C@H](COP(=O)(O)OCC[N+](C)(C)C)OC(=O)CCC[C@H](O)/C=C/C=C\C/C=C\C=C\[C@H](O)CCCCC. The van der Waals surface area contributed by atoms with E-state index in [-0.39, 0.29) is 26.1 Å². The summed E-state index contributed by atoms with van der Waals surface area (Å²) in [4.78, 5) is 35.4. The van der Waals surface area contributed by atoms with Crippen LogP contribution in [0.2, 0.25) is 0 Å². The van der Waals surface area contributed by atoms with E-state index in [2.05, 4.69) is 68.5 Å². The molecule has 0 saturated heterocycles. The van der Waals surface area contributed by atoms with Crippen LogP contribution in [0, 0.1) is 0 Å². The highest BCUT2D eigenvalue weighted by molar-refractivity contribution is 7.47. The molecule has 0 aromatic rings. The summed E-state index contributed by atoms with van der Waals surface area (Å²) >= 11 is 0. The topological polar surface area (TPSA) is 149 Å². The largest absolute Gasteiger partial charge is 0.472 e. The van der Waals surface area contributed by atoms with Crippen molar-refractivity contribution < 1.29 is 52.3 Å². The lowest BCUT2D eigenvalue weighted by Gasteiger charge is -2.24. The molecule has 0 aliphatic heterocycles. The van der Waals surface area contributed by atoms with E-state index in [9.17, 15) is 29.3 Å². The summed E-state index contributed by atoms with van der Waals surface area (Å²) in [7, 11) is 1.28. The number of carbonyl (C=O) groups excluding carboxylic acids is 2. The highest BCUT2D eigenvalue weighted by Gasteiger charge is 2.27. The van der Waals surface area contributed by atoms with E-state index in [0.717, 1.165) is 57.8 Å². The molecule has 0 aromatic carbocycles. The standard InChI is InChI=1S/C48H78NO10P/c1-6-8-10-11-12-13-14-15-16-17-18-19-20-21-25-28-32-38-47(52)56-42-46(43-58-60(54,55)57-41-40-49(3,4)5)59-48(53)39-33-37-45(51)36-31-27-24-22-23-26-30-35-44(50)34-29-9-7-2/h8,10,12-13,15-16,18-19,21,23-27,30-31,35-36,44-46,50-51H,6-7,9,11,14,17,20,22,28-29,32-34,37-43H2,1-5H3/p+1/b10-8-,13-12-,16-15-,19-18-,25-21-,26-23-,27-24-,35-30+,36-31+/t44-,45-,46-/m1/s1. The van der Waals surface area contributed by atoms with Crippen LogP contribution < -0.4 is 0 Å². The number of unbranched alkanes of at least 4 members (excludes halogenated alkanes) is 3. The van der Waals surface area contributed by atoms with Crippen LogP contribution in [0.1, 0.15) is 117 Å². The maximum atomic E-state index is 12.7. The Bertz CT molecular complexity index is 1420. The Labute approximate surface area is 362 Å². The number of likely N-dealkylation sites (N-methyl/N-ethyl adjacent to an activating group) is 1. The Hall–Kier alpha value is -3.41. The summed E-state index contributed by atoms with van der Waals surface area (Å²) in [5.41, 5.74) is 0. The van der Waals surface area contributed by atoms with Gasteiger partial charge >= 0.3 is 19.8 Å². The molecule has 60 heavy (non-hydrogen) atoms. The molecule has 0 fully saturated rings. The van der Waals surface area contributed by atoms with Gasteiger partial charge in [0.1, 0.15) is 19.8 Å². The molecule has 0 saturated carbocycles. The molecular weight excluding hydrogens is 781 g/mol. The van der Waals surface area contributed by atoms with Gasteiger partial charge in [-0.05, 0) is 70.6 Å². The minimum atomic E-state index is -4.46. The number of aliphatic hydroxyl groups excluding tert-OH is 2. The lowest BCUT2D eigenvalue weighted by Crippen LogP contribution is -2.37. The summed E-state index contributed by atoms with van der Waals surface area (Å²) in [5.74, 6) is -1.11. The fourth-order valence-corrected chi connectivity index (χ4v) is 5.77. The number of carbonyl (C=O) groups is 2. The molecule has 0 rings (SSSR count). The highest BCUT2D eigenvalue weighted by atomic mass is 31.2. The van der Waals surface area contributed by atoms with Crippen LogP contribution >= 0.6 is 7.82 Å². The number of nitrogens with zero attached hydrogens (tertiary/aromatic N) is 1. The number of quaternary nitrogens is 1. The first-order valence-corrected chi connectivity index (χ1v) is 23.3. The Morgan fingerprint density at radius 3 is 1.68 bits per heavy atom. The van der Waals surface area contributed by atoms with Gasteiger partial charge in [-0.3, -0.25) is 18.6 Å². The number of ether oxygens (including phenoxy) is 2. The van der Waals surface area contributed by atoms with Crippen molar-refractivity contribution in [2.75, 3.05) is 47.5 Å². The van der Waals surface area contributed by atoms with E-state index in [1.165, 1.54) is 0 Å². The van der Waals surface area contributed by atoms with Crippen molar-refractivity contribution in [3.8, 4) is 0 Å². The van der Waals surface area contributed by atoms with E-state index < -0.39 is 44.7 Å². The molecule has 0 aromatic heterocycles. The molecule has 0 aliphatic rings. The first-order chi connectivity index (χ1) is 28.8. The van der Waals surface area contributed by atoms with Crippen molar-refractivity contribution in [1.29, 1.82) is 0 Å². The molecule has 0 heterocycles. The van der Waals surface area contributed by atoms with Gasteiger partial charge in [-0.1, -0.05) is 142 Å². The van der Waals surface area contributed by atoms with E-state index in [1.54, 1.807) is 18.2 Å². The highest BCUT2D eigenvalue weighted by Crippen LogP contribution is 2.43. The van der Waals surface area contributed by atoms with Gasteiger partial charge < -0.3 is 29.1 Å². The zero-order valence-corrected chi connectivity index (χ0v) is 38.3. The van der Waals surface area contributed by atoms with Crippen molar-refractivity contribution in [3.63, 3.8) is 0 Å². The minimum Gasteiger partial charge on any atom is -0.462 e. The lowest BCUT2D eigenvalue weighted by atomic mass is 10.1. The molecule has 0 bridgehead atoms. The van der Waals surface area contributed by atoms with Gasteiger partial charge in [0.25, 0.3) is 0 Å². The monoisotopic (exact) mass is 861 g/mol. The number of esters is 2. The smallest absolute Gasteiger partial charge is 0.462 e. The van der Waals surface area contributed by atoms with Crippen LogP contribution in [0.3, 0.4) is 0 Å². The quantitative estimate of drug-likeness (QED) is 0.0138. The van der Waals surface area contributed by atoms with Crippen LogP contribution in [0.4, 0.5) is 0 Å². The zero-order chi connectivity index (χ0) is 44.6. The molecule has 4 atom stereocenters. The van der Waals surface area contributed by atoms with Crippen molar-refractivity contribution in [3.05, 3.63) is 109 Å². The van der Waals surface area contributed by atoms with Gasteiger partial charge in [-0.25, -0.2) is 4.57 Å². The number of phosphoric ester groups is 1. The second-order valence-corrected chi connectivity index (χ2v) is 16.8. The summed E-state index contributed by atoms with van der Waals surface area (Å²) in [6, 6.07) is 0. The molecule has 0 spiro atoms. The predicted octanol–water partition coefficient (Wildman–Crippen LogP) is 10.3. The summed E-state index contributed by atoms with van der Waals surface area (Å²) in [5, 5.41) is 20.2. The van der Waals surface area contributed by atoms with Crippen LogP contribution in [-0.4, -0.2) is 97.3 Å². The average molecular weight is 861 g/mol. The van der Waals surface area contributed by atoms with Gasteiger partial charge in [-0.15, -0.1) is 0 Å². The predicted molar refractivity (Wildman–Crippen MR) is 245 cm³/mol. The molecule has 12 heteroatoms. The third kappa shape index (κ3) is 41.3. The molecule has 0 amide bonds. The Kier molecular flexibility index (Phi) is 36.3. The average Bonchev–Trinajstić information content (AvgIpc) is 3.19. The number of phosphoric acid groups is 1. The summed E-state index contributed by atoms with van der Waals surface area (Å²) in [6.07, 6.45) is 45.0. The Balaban J connectivity index is 4.73. The molecule has 340 valence electrons. The number of hydrogen-bond acceptors (Lipinski definition) is 9. The second kappa shape index (κ2) is 38.5. The first-order valence-electron chi connectivity index (χ1n) is 21.8. The van der Waals surface area contributed by atoms with Gasteiger partial charge in [0.15, 0.2) is 6.10 Å². The number of allylic oxidation sites excluding steroid dienone is 16. The summed E-state index contributed by atoms with van der Waals surface area (Å²) < 4.78 is 34.0. The van der Waals surface area contributed by atoms with E-state index in [1.807, 2.05) is 57.6 Å². The third-order valence-corrected chi connectivity index (χ3v) is 9.48. The van der Waals surface area contributed by atoms with Gasteiger partial charge in [0.2, 0.25) is 0 Å². The maximum Gasteiger partial charge on any atom is 0.472 e. The third-order valence-electron chi connectivity index (χ3n) is 8.50. The van der Waals surface area contributed by atoms with Crippen molar-refractivity contribution in [1.82, 2.24) is 0 Å². The molecule has 1 unspecified atom stereocenters. The normalized spacial score (nSPS) is 15.7. The molecule has 11 nitrogen and oxygen atoms in total. The van der Waals surface area contributed by atoms with E-state index in [0.29, 0.717) is 43.1 Å². The van der Waals surface area contributed by atoms with Crippen LogP contribution in [0.25, 0.3) is 0 Å². The van der Waals surface area contributed by atoms with Crippen molar-refractivity contribution >= 4 is 19.8 Å². The zero-order valence-electron chi connectivity index (χ0n) is 37.4. The van der Waals surface area contributed by atoms with Crippen molar-refractivity contribution in [2.24, 2.45) is 0 Å². The van der Waals surface area contributed by atoms with Crippen LogP contribution in [0.5, 0.6) is 0 Å². The number of hydrogen-bond donors (Lipinski definition) is 3. The van der Waals surface area contributed by atoms with Crippen LogP contribution in [-0.2, 0) is 32.7 Å². The first kappa shape index (κ1) is 56.6. The second-order valence-electron chi connectivity index (χ2n) is 15.4. The van der Waals surface area contributed by atoms with E-state index in [4.69, 9.17) is 18.5 Å². The van der Waals surface area contributed by atoms with Gasteiger partial charge in [0.05, 0.1) is 40.0 Å². The minimum absolute atomic E-state index is 0.0269. The Morgan fingerprint density at radius 1 is 0.617 bits per heavy atom. The van der Waals surface area contributed by atoms with Gasteiger partial charge in [-0.2, -0.15) is 0 Å². The molecular formula is C48H79NO10P+. The fourth-order valence-electron chi connectivity index (χ4n) is 5.03. The summed E-state index contributed by atoms with van der Waals surface area (Å²) in [6.45, 7) is 3.83. The molecule has 0 aliphatic carbocycles. The number of aliphatic hydroxyl groups is 2. The number of rotatable bonds is 37. The molecule has 0 radical (unpaired) electrons. The van der Waals surface area contributed by atoms with Crippen LogP contribution in [0.15, 0.2) is 109 Å². The van der Waals surface area contributed by atoms with Crippen molar-refractivity contribution in [2.45, 2.75) is 135 Å². The van der Waals surface area contributed by atoms with Gasteiger partial charge in [0, 0.05) is 12.8 Å². The molecule has 3 N–H and O–H groups in total. The van der Waals surface area contributed by atoms with E-state index >= 15 is 0 Å². The maximum absolute atomic E-state index is 12.7. The Morgan fingerprint density at radius 2 is 1.13 bits per heavy atom.